The Balaban J connectivity index is 2.19. The first kappa shape index (κ1) is 16.2. The number of hydrogen-bond acceptors (Lipinski definition) is 5. The number of hydrogen-bond donors (Lipinski definition) is 0. The Labute approximate surface area is 126 Å². The molecule has 0 saturated carbocycles. The summed E-state index contributed by atoms with van der Waals surface area (Å²) in [6.45, 7) is 1.94. The van der Waals surface area contributed by atoms with E-state index in [1.54, 1.807) is 0 Å². The monoisotopic (exact) mass is 336 g/mol. The molecule has 1 aliphatic heterocycles. The second kappa shape index (κ2) is 6.29. The van der Waals surface area contributed by atoms with Gasteiger partial charge < -0.3 is 9.47 Å². The van der Waals surface area contributed by atoms with E-state index in [2.05, 4.69) is 0 Å². The summed E-state index contributed by atoms with van der Waals surface area (Å²) >= 11 is 0. The van der Waals surface area contributed by atoms with Gasteiger partial charge in [-0.1, -0.05) is 0 Å². The van der Waals surface area contributed by atoms with Gasteiger partial charge in [0.2, 0.25) is 0 Å². The standard InChI is InChI=1S/C13H14ClFO5S/c1-8-11(15)5-9(6-12(8)21(14,17)18)13(16)20-7-10-3-2-4-19-10/h5-6,10H,2-4,7H2,1H3. The van der Waals surface area contributed by atoms with E-state index in [4.69, 9.17) is 20.2 Å². The molecule has 5 nitrogen and oxygen atoms in total. The number of esters is 1. The molecule has 0 radical (unpaired) electrons. The lowest BCUT2D eigenvalue weighted by atomic mass is 10.1. The fourth-order valence-electron chi connectivity index (χ4n) is 2.05. The lowest BCUT2D eigenvalue weighted by molar-refractivity contribution is 0.0161. The van der Waals surface area contributed by atoms with Gasteiger partial charge in [-0.25, -0.2) is 17.6 Å². The lowest BCUT2D eigenvalue weighted by Gasteiger charge is -2.11. The van der Waals surface area contributed by atoms with E-state index >= 15 is 0 Å². The van der Waals surface area contributed by atoms with Crippen LogP contribution in [0.15, 0.2) is 17.0 Å². The molecule has 0 aromatic heterocycles. The van der Waals surface area contributed by atoms with E-state index in [0.717, 1.165) is 25.0 Å². The molecule has 2 rings (SSSR count). The highest BCUT2D eigenvalue weighted by Gasteiger charge is 2.22. The molecule has 116 valence electrons. The topological polar surface area (TPSA) is 69.7 Å². The van der Waals surface area contributed by atoms with Crippen molar-refractivity contribution >= 4 is 25.7 Å². The minimum Gasteiger partial charge on any atom is -0.459 e. The number of benzene rings is 1. The molecule has 1 heterocycles. The summed E-state index contributed by atoms with van der Waals surface area (Å²) in [6, 6.07) is 1.94. The number of halogens is 2. The molecule has 1 aromatic rings. The van der Waals surface area contributed by atoms with Crippen molar-refractivity contribution in [3.8, 4) is 0 Å². The first-order chi connectivity index (χ1) is 9.79. The van der Waals surface area contributed by atoms with E-state index < -0.39 is 25.7 Å². The van der Waals surface area contributed by atoms with Gasteiger partial charge in [0.25, 0.3) is 9.05 Å². The van der Waals surface area contributed by atoms with Crippen LogP contribution < -0.4 is 0 Å². The minimum absolute atomic E-state index is 0.0529. The van der Waals surface area contributed by atoms with Gasteiger partial charge in [0.1, 0.15) is 12.4 Å². The summed E-state index contributed by atoms with van der Waals surface area (Å²) in [5.74, 6) is -1.65. The largest absolute Gasteiger partial charge is 0.459 e. The fourth-order valence-corrected chi connectivity index (χ4v) is 3.26. The van der Waals surface area contributed by atoms with Crippen molar-refractivity contribution in [3.05, 3.63) is 29.1 Å². The second-order valence-electron chi connectivity index (χ2n) is 4.75. The van der Waals surface area contributed by atoms with Gasteiger partial charge in [-0.2, -0.15) is 0 Å². The molecule has 1 fully saturated rings. The van der Waals surface area contributed by atoms with Crippen LogP contribution in [0.25, 0.3) is 0 Å². The number of carbonyl (C=O) groups excluding carboxylic acids is 1. The van der Waals surface area contributed by atoms with Crippen molar-refractivity contribution in [3.63, 3.8) is 0 Å². The zero-order chi connectivity index (χ0) is 15.6. The Morgan fingerprint density at radius 2 is 2.24 bits per heavy atom. The van der Waals surface area contributed by atoms with Crippen molar-refractivity contribution in [2.75, 3.05) is 13.2 Å². The Hall–Kier alpha value is -1.18. The van der Waals surface area contributed by atoms with E-state index in [9.17, 15) is 17.6 Å². The highest BCUT2D eigenvalue weighted by Crippen LogP contribution is 2.24. The van der Waals surface area contributed by atoms with Crippen LogP contribution >= 0.6 is 10.7 Å². The van der Waals surface area contributed by atoms with Crippen LogP contribution in [0.5, 0.6) is 0 Å². The zero-order valence-electron chi connectivity index (χ0n) is 11.3. The van der Waals surface area contributed by atoms with Crippen molar-refractivity contribution < 1.29 is 27.1 Å². The number of rotatable bonds is 4. The normalized spacial score (nSPS) is 18.7. The Morgan fingerprint density at radius 1 is 1.52 bits per heavy atom. The van der Waals surface area contributed by atoms with Gasteiger partial charge in [0.05, 0.1) is 16.6 Å². The molecule has 0 aliphatic carbocycles. The van der Waals surface area contributed by atoms with Crippen molar-refractivity contribution in [2.24, 2.45) is 0 Å². The Bertz CT molecular complexity index is 653. The van der Waals surface area contributed by atoms with Gasteiger partial charge >= 0.3 is 5.97 Å². The van der Waals surface area contributed by atoms with Crippen LogP contribution in [0, 0.1) is 12.7 Å². The van der Waals surface area contributed by atoms with E-state index in [1.165, 1.54) is 6.92 Å². The fraction of sp³-hybridized carbons (Fsp3) is 0.462. The predicted molar refractivity (Wildman–Crippen MR) is 73.4 cm³/mol. The van der Waals surface area contributed by atoms with E-state index in [0.29, 0.717) is 6.61 Å². The lowest BCUT2D eigenvalue weighted by Crippen LogP contribution is -2.18. The summed E-state index contributed by atoms with van der Waals surface area (Å²) < 4.78 is 46.8. The van der Waals surface area contributed by atoms with Gasteiger partial charge in [-0.05, 0) is 31.9 Å². The molecule has 1 saturated heterocycles. The Morgan fingerprint density at radius 3 is 2.81 bits per heavy atom. The van der Waals surface area contributed by atoms with Crippen LogP contribution in [0.1, 0.15) is 28.8 Å². The summed E-state index contributed by atoms with van der Waals surface area (Å²) in [7, 11) is 1.08. The third kappa shape index (κ3) is 3.93. The quantitative estimate of drug-likeness (QED) is 0.623. The van der Waals surface area contributed by atoms with E-state index in [1.807, 2.05) is 0 Å². The number of carbonyl (C=O) groups is 1. The number of ether oxygens (including phenoxy) is 2. The third-order valence-electron chi connectivity index (χ3n) is 3.22. The SMILES string of the molecule is Cc1c(F)cc(C(=O)OCC2CCCO2)cc1S(=O)(=O)Cl. The minimum atomic E-state index is -4.14. The van der Waals surface area contributed by atoms with Gasteiger partial charge in [0, 0.05) is 22.9 Å². The summed E-state index contributed by atoms with van der Waals surface area (Å²) in [5, 5.41) is 0. The summed E-state index contributed by atoms with van der Waals surface area (Å²) in [4.78, 5) is 11.4. The molecule has 0 N–H and O–H groups in total. The molecule has 21 heavy (non-hydrogen) atoms. The van der Waals surface area contributed by atoms with Crippen molar-refractivity contribution in [2.45, 2.75) is 30.8 Å². The average Bonchev–Trinajstić information content (AvgIpc) is 2.90. The highest BCUT2D eigenvalue weighted by atomic mass is 35.7. The molecule has 1 atom stereocenters. The Kier molecular flexibility index (Phi) is 4.85. The summed E-state index contributed by atoms with van der Waals surface area (Å²) in [5.41, 5.74) is -0.337. The molecular weight excluding hydrogens is 323 g/mol. The molecule has 1 unspecified atom stereocenters. The molecule has 1 aliphatic rings. The van der Waals surface area contributed by atoms with Crippen molar-refractivity contribution in [1.82, 2.24) is 0 Å². The molecule has 0 bridgehead atoms. The second-order valence-corrected chi connectivity index (χ2v) is 7.29. The molecule has 0 spiro atoms. The van der Waals surface area contributed by atoms with Crippen LogP contribution in [-0.2, 0) is 18.5 Å². The van der Waals surface area contributed by atoms with Crippen LogP contribution in [0.3, 0.4) is 0 Å². The molecular formula is C13H14ClFO5S. The zero-order valence-corrected chi connectivity index (χ0v) is 12.8. The van der Waals surface area contributed by atoms with Crippen LogP contribution in [-0.4, -0.2) is 33.7 Å². The maximum atomic E-state index is 13.7. The van der Waals surface area contributed by atoms with Crippen molar-refractivity contribution in [1.29, 1.82) is 0 Å². The highest BCUT2D eigenvalue weighted by molar-refractivity contribution is 8.13. The predicted octanol–water partition coefficient (Wildman–Crippen LogP) is 2.40. The van der Waals surface area contributed by atoms with Gasteiger partial charge in [0.15, 0.2) is 0 Å². The molecule has 8 heteroatoms. The average molecular weight is 337 g/mol. The maximum Gasteiger partial charge on any atom is 0.338 e. The maximum absolute atomic E-state index is 13.7. The molecule has 1 aromatic carbocycles. The van der Waals surface area contributed by atoms with Gasteiger partial charge in [-0.3, -0.25) is 0 Å². The third-order valence-corrected chi connectivity index (χ3v) is 4.67. The first-order valence-electron chi connectivity index (χ1n) is 6.32. The first-order valence-corrected chi connectivity index (χ1v) is 8.63. The summed E-state index contributed by atoms with van der Waals surface area (Å²) in [6.07, 6.45) is 1.52. The van der Waals surface area contributed by atoms with E-state index in [-0.39, 0.29) is 23.8 Å². The van der Waals surface area contributed by atoms with Crippen LogP contribution in [0.2, 0.25) is 0 Å². The smallest absolute Gasteiger partial charge is 0.338 e. The molecule has 0 amide bonds. The van der Waals surface area contributed by atoms with Gasteiger partial charge in [-0.15, -0.1) is 0 Å². The van der Waals surface area contributed by atoms with Crippen LogP contribution in [0.4, 0.5) is 4.39 Å².